The lowest BCUT2D eigenvalue weighted by Gasteiger charge is -2.21. The van der Waals surface area contributed by atoms with Crippen molar-refractivity contribution in [2.24, 2.45) is 23.7 Å². The number of carbonyl (C=O) groups excluding carboxylic acids is 4. The molecule has 0 aliphatic heterocycles. The topological polar surface area (TPSA) is 237 Å². The normalized spacial score (nSPS) is 14.5. The number of hydrogen-bond acceptors (Lipinski definition) is 15. The van der Waals surface area contributed by atoms with Gasteiger partial charge in [-0.2, -0.15) is 0 Å². The fourth-order valence-electron chi connectivity index (χ4n) is 11.2. The van der Waals surface area contributed by atoms with Gasteiger partial charge in [0.15, 0.2) is 12.2 Å². The Bertz CT molecular complexity index is 1840. The molecule has 17 nitrogen and oxygen atoms in total. The smallest absolute Gasteiger partial charge is 0.462 e. The average Bonchev–Trinajstić information content (AvgIpc) is 3.45. The summed E-state index contributed by atoms with van der Waals surface area (Å²) in [6, 6.07) is 0. The first-order chi connectivity index (χ1) is 44.6. The zero-order chi connectivity index (χ0) is 68.9. The van der Waals surface area contributed by atoms with E-state index in [0.717, 1.165) is 114 Å². The molecule has 0 rings (SSSR count). The first kappa shape index (κ1) is 91.1. The van der Waals surface area contributed by atoms with Crippen LogP contribution in [0.1, 0.15) is 370 Å². The van der Waals surface area contributed by atoms with Crippen LogP contribution in [0.5, 0.6) is 0 Å². The van der Waals surface area contributed by atoms with Crippen molar-refractivity contribution >= 4 is 39.5 Å². The molecule has 0 spiro atoms. The minimum absolute atomic E-state index is 0.104. The Hall–Kier alpha value is -1.94. The molecule has 0 aliphatic rings. The molecule has 0 saturated heterocycles. The molecule has 0 fully saturated rings. The standard InChI is InChI=1S/C74H144O17P2/c1-9-67(8)53-45-37-29-23-24-32-41-49-57-74(79)91-70(61-85-72(77)55-47-39-33-25-28-36-44-52-66(6)7)63-89-93(82,83)87-59-68(75)58-86-92(80,81)88-62-69(90-73(78)56-48-40-31-22-18-14-16-20-27-35-43-51-65(4)5)60-84-71(76)54-46-38-30-21-17-13-11-10-12-15-19-26-34-42-50-64(2)3/h64-70,75H,9-63H2,1-8H3,(H,80,81)(H,82,83)/t67?,68?,69-,70-/m1/s1. The molecule has 19 heteroatoms. The zero-order valence-corrected chi connectivity index (χ0v) is 62.7. The maximum absolute atomic E-state index is 13.1. The summed E-state index contributed by atoms with van der Waals surface area (Å²) in [4.78, 5) is 72.7. The van der Waals surface area contributed by atoms with Crippen molar-refractivity contribution in [2.45, 2.75) is 388 Å². The van der Waals surface area contributed by atoms with Gasteiger partial charge < -0.3 is 33.8 Å². The molecule has 4 unspecified atom stereocenters. The molecule has 6 atom stereocenters. The van der Waals surface area contributed by atoms with Gasteiger partial charge in [-0.1, -0.05) is 319 Å². The number of ether oxygens (including phenoxy) is 4. The Balaban J connectivity index is 5.25. The molecular formula is C74H144O17P2. The summed E-state index contributed by atoms with van der Waals surface area (Å²) in [5.74, 6) is 0.914. The maximum atomic E-state index is 13.1. The van der Waals surface area contributed by atoms with Crippen LogP contribution in [0.3, 0.4) is 0 Å². The third-order valence-electron chi connectivity index (χ3n) is 17.4. The molecule has 0 saturated carbocycles. The molecular weight excluding hydrogens is 1220 g/mol. The fraction of sp³-hybridized carbons (Fsp3) is 0.946. The van der Waals surface area contributed by atoms with Crippen molar-refractivity contribution < 1.29 is 80.2 Å². The molecule has 0 radical (unpaired) electrons. The summed E-state index contributed by atoms with van der Waals surface area (Å²) in [6.07, 6.45) is 47.2. The van der Waals surface area contributed by atoms with Crippen molar-refractivity contribution in [3.8, 4) is 0 Å². The van der Waals surface area contributed by atoms with Crippen LogP contribution in [-0.4, -0.2) is 96.7 Å². The van der Waals surface area contributed by atoms with Gasteiger partial charge in [-0.3, -0.25) is 37.3 Å². The van der Waals surface area contributed by atoms with E-state index in [9.17, 15) is 43.2 Å². The first-order valence-electron chi connectivity index (χ1n) is 38.2. The molecule has 0 aromatic rings. The van der Waals surface area contributed by atoms with Gasteiger partial charge in [0, 0.05) is 25.7 Å². The first-order valence-corrected chi connectivity index (χ1v) is 41.2. The van der Waals surface area contributed by atoms with Gasteiger partial charge in [-0.05, 0) is 49.4 Å². The van der Waals surface area contributed by atoms with E-state index in [2.05, 4.69) is 55.4 Å². The summed E-state index contributed by atoms with van der Waals surface area (Å²) >= 11 is 0. The van der Waals surface area contributed by atoms with E-state index in [1.807, 2.05) is 0 Å². The molecule has 0 aliphatic carbocycles. The average molecular weight is 1370 g/mol. The highest BCUT2D eigenvalue weighted by Crippen LogP contribution is 2.45. The van der Waals surface area contributed by atoms with Crippen molar-refractivity contribution in [3.63, 3.8) is 0 Å². The molecule has 3 N–H and O–H groups in total. The van der Waals surface area contributed by atoms with Gasteiger partial charge >= 0.3 is 39.5 Å². The van der Waals surface area contributed by atoms with Crippen LogP contribution >= 0.6 is 15.6 Å². The molecule has 0 aromatic carbocycles. The van der Waals surface area contributed by atoms with Gasteiger partial charge in [-0.25, -0.2) is 9.13 Å². The van der Waals surface area contributed by atoms with Crippen molar-refractivity contribution in [2.75, 3.05) is 39.6 Å². The third kappa shape index (κ3) is 67.0. The van der Waals surface area contributed by atoms with E-state index < -0.39 is 97.5 Å². The minimum atomic E-state index is -4.96. The number of aliphatic hydroxyl groups excluding tert-OH is 1. The molecule has 93 heavy (non-hydrogen) atoms. The van der Waals surface area contributed by atoms with Crippen LogP contribution in [0.4, 0.5) is 0 Å². The number of unbranched alkanes of at least 4 members (excludes halogenated alkanes) is 36. The van der Waals surface area contributed by atoms with Crippen LogP contribution in [0.2, 0.25) is 0 Å². The van der Waals surface area contributed by atoms with Crippen LogP contribution in [0.25, 0.3) is 0 Å². The summed E-state index contributed by atoms with van der Waals surface area (Å²) in [5, 5.41) is 10.6. The highest BCUT2D eigenvalue weighted by molar-refractivity contribution is 7.47. The Morgan fingerprint density at radius 2 is 0.516 bits per heavy atom. The summed E-state index contributed by atoms with van der Waals surface area (Å²) < 4.78 is 68.4. The second-order valence-corrected chi connectivity index (χ2v) is 31.3. The molecule has 0 bridgehead atoms. The highest BCUT2D eigenvalue weighted by atomic mass is 31.2. The quantitative estimate of drug-likeness (QED) is 0.0222. The van der Waals surface area contributed by atoms with Gasteiger partial charge in [0.2, 0.25) is 0 Å². The second-order valence-electron chi connectivity index (χ2n) is 28.4. The van der Waals surface area contributed by atoms with E-state index >= 15 is 0 Å². The van der Waals surface area contributed by atoms with Gasteiger partial charge in [0.1, 0.15) is 19.3 Å². The van der Waals surface area contributed by atoms with Crippen LogP contribution in [0.15, 0.2) is 0 Å². The zero-order valence-electron chi connectivity index (χ0n) is 60.9. The summed E-state index contributed by atoms with van der Waals surface area (Å²) in [7, 11) is -9.91. The highest BCUT2D eigenvalue weighted by Gasteiger charge is 2.30. The lowest BCUT2D eigenvalue weighted by molar-refractivity contribution is -0.161. The molecule has 0 aromatic heterocycles. The fourth-order valence-corrected chi connectivity index (χ4v) is 12.7. The van der Waals surface area contributed by atoms with Gasteiger partial charge in [-0.15, -0.1) is 0 Å². The van der Waals surface area contributed by atoms with Crippen LogP contribution < -0.4 is 0 Å². The van der Waals surface area contributed by atoms with Crippen LogP contribution in [-0.2, 0) is 65.4 Å². The lowest BCUT2D eigenvalue weighted by atomic mass is 9.99. The Labute approximate surface area is 568 Å². The Kier molecular flexibility index (Phi) is 62.2. The number of esters is 4. The molecule has 0 heterocycles. The summed E-state index contributed by atoms with van der Waals surface area (Å²) in [5.41, 5.74) is 0. The van der Waals surface area contributed by atoms with E-state index in [-0.39, 0.29) is 25.7 Å². The number of phosphoric ester groups is 2. The monoisotopic (exact) mass is 1370 g/mol. The number of rotatable bonds is 71. The van der Waals surface area contributed by atoms with E-state index in [1.54, 1.807) is 0 Å². The number of hydrogen-bond donors (Lipinski definition) is 3. The van der Waals surface area contributed by atoms with E-state index in [0.29, 0.717) is 31.6 Å². The number of aliphatic hydroxyl groups is 1. The Morgan fingerprint density at radius 1 is 0.301 bits per heavy atom. The molecule has 0 amide bonds. The second kappa shape index (κ2) is 63.5. The van der Waals surface area contributed by atoms with E-state index in [1.165, 1.54) is 167 Å². The van der Waals surface area contributed by atoms with Crippen molar-refractivity contribution in [1.82, 2.24) is 0 Å². The van der Waals surface area contributed by atoms with Gasteiger partial charge in [0.05, 0.1) is 26.4 Å². The van der Waals surface area contributed by atoms with Crippen molar-refractivity contribution in [1.29, 1.82) is 0 Å². The van der Waals surface area contributed by atoms with E-state index in [4.69, 9.17) is 37.0 Å². The van der Waals surface area contributed by atoms with Crippen LogP contribution in [0, 0.1) is 23.7 Å². The third-order valence-corrected chi connectivity index (χ3v) is 19.3. The van der Waals surface area contributed by atoms with Gasteiger partial charge in [0.25, 0.3) is 0 Å². The van der Waals surface area contributed by atoms with Crippen molar-refractivity contribution in [3.05, 3.63) is 0 Å². The Morgan fingerprint density at radius 3 is 0.763 bits per heavy atom. The predicted molar refractivity (Wildman–Crippen MR) is 377 cm³/mol. The number of carbonyl (C=O) groups is 4. The minimum Gasteiger partial charge on any atom is -0.462 e. The largest absolute Gasteiger partial charge is 0.472 e. The SMILES string of the molecule is CCC(C)CCCCCCCCCCC(=O)O[C@H](COC(=O)CCCCCCCCCC(C)C)COP(=O)(O)OCC(O)COP(=O)(O)OC[C@@H](COC(=O)CCCCCCCCCCCCCCCCC(C)C)OC(=O)CCCCCCCCCCCCCC(C)C. The molecule has 552 valence electrons. The lowest BCUT2D eigenvalue weighted by Crippen LogP contribution is -2.30. The predicted octanol–water partition coefficient (Wildman–Crippen LogP) is 21.3. The number of phosphoric acid groups is 2. The summed E-state index contributed by atoms with van der Waals surface area (Å²) in [6.45, 7) is 14.1. The maximum Gasteiger partial charge on any atom is 0.472 e.